The van der Waals surface area contributed by atoms with Crippen LogP contribution in [0.25, 0.3) is 104 Å². The van der Waals surface area contributed by atoms with E-state index in [0.717, 1.165) is 61.8 Å². The normalized spacial score (nSPS) is 11.9. The molecule has 0 saturated carbocycles. The zero-order valence-electron chi connectivity index (χ0n) is 31.1. The van der Waals surface area contributed by atoms with Crippen molar-refractivity contribution in [3.8, 4) is 39.9 Å². The largest absolute Gasteiger partial charge is 0.454 e. The molecular formula is C52H32N4OS. The Hall–Kier alpha value is -7.41. The zero-order chi connectivity index (χ0) is 38.2. The number of nitrogens with zero attached hydrogens (tertiary/aromatic N) is 4. The van der Waals surface area contributed by atoms with Gasteiger partial charge in [-0.3, -0.25) is 0 Å². The fraction of sp³-hybridized carbons (Fsp3) is 0.0192. The van der Waals surface area contributed by atoms with Gasteiger partial charge in [0.15, 0.2) is 23.1 Å². The van der Waals surface area contributed by atoms with Gasteiger partial charge in [0.05, 0.1) is 16.7 Å². The number of hydrogen-bond acceptors (Lipinski definition) is 5. The van der Waals surface area contributed by atoms with Crippen molar-refractivity contribution >= 4 is 75.3 Å². The number of hydrogen-bond donors (Lipinski definition) is 0. The van der Waals surface area contributed by atoms with Crippen LogP contribution in [0, 0.1) is 0 Å². The van der Waals surface area contributed by atoms with Gasteiger partial charge in [0.1, 0.15) is 5.58 Å². The molecule has 0 bridgehead atoms. The minimum atomic E-state index is 0.654. The molecule has 0 spiro atoms. The molecule has 0 saturated heterocycles. The fourth-order valence-corrected chi connectivity index (χ4v) is 9.90. The van der Waals surface area contributed by atoms with Gasteiger partial charge in [-0.1, -0.05) is 146 Å². The summed E-state index contributed by atoms with van der Waals surface area (Å²) < 4.78 is 11.6. The molecule has 0 N–H and O–H groups in total. The fourth-order valence-electron chi connectivity index (χ4n) is 8.72. The smallest absolute Gasteiger partial charge is 0.164 e. The first-order valence-electron chi connectivity index (χ1n) is 19.5. The minimum Gasteiger partial charge on any atom is -0.454 e. The molecule has 12 aromatic rings. The highest BCUT2D eigenvalue weighted by molar-refractivity contribution is 7.26. The van der Waals surface area contributed by atoms with Crippen LogP contribution in [-0.4, -0.2) is 19.5 Å². The average molecular weight is 761 g/mol. The highest BCUT2D eigenvalue weighted by atomic mass is 32.1. The van der Waals surface area contributed by atoms with Crippen LogP contribution in [0.4, 0.5) is 0 Å². The first-order chi connectivity index (χ1) is 28.7. The number of rotatable bonds is 6. The Balaban J connectivity index is 0.998. The lowest BCUT2D eigenvalue weighted by atomic mass is 9.96. The van der Waals surface area contributed by atoms with Gasteiger partial charge in [0, 0.05) is 58.4 Å². The van der Waals surface area contributed by atoms with E-state index in [1.165, 1.54) is 42.1 Å². The number of benzene rings is 8. The Morgan fingerprint density at radius 3 is 1.76 bits per heavy atom. The second kappa shape index (κ2) is 13.1. The van der Waals surface area contributed by atoms with E-state index >= 15 is 0 Å². The maximum atomic E-state index is 6.86. The Labute approximate surface area is 337 Å². The Bertz CT molecular complexity index is 3440. The lowest BCUT2D eigenvalue weighted by molar-refractivity contribution is 0.666. The third-order valence-electron chi connectivity index (χ3n) is 11.3. The molecule has 8 aromatic carbocycles. The summed E-state index contributed by atoms with van der Waals surface area (Å²) in [6, 6.07) is 63.9. The van der Waals surface area contributed by atoms with Gasteiger partial charge in [0.2, 0.25) is 0 Å². The van der Waals surface area contributed by atoms with E-state index in [9.17, 15) is 0 Å². The Morgan fingerprint density at radius 2 is 1.05 bits per heavy atom. The van der Waals surface area contributed by atoms with E-state index in [1.807, 2.05) is 47.7 Å². The number of para-hydroxylation sites is 3. The summed E-state index contributed by atoms with van der Waals surface area (Å²) >= 11 is 1.81. The van der Waals surface area contributed by atoms with Crippen molar-refractivity contribution in [3.05, 3.63) is 193 Å². The molecule has 6 heteroatoms. The van der Waals surface area contributed by atoms with Gasteiger partial charge in [-0.15, -0.1) is 11.3 Å². The van der Waals surface area contributed by atoms with E-state index in [2.05, 4.69) is 150 Å². The second-order valence-corrected chi connectivity index (χ2v) is 15.8. The highest BCUT2D eigenvalue weighted by Gasteiger charge is 2.20. The maximum Gasteiger partial charge on any atom is 0.164 e. The first-order valence-corrected chi connectivity index (χ1v) is 20.3. The van der Waals surface area contributed by atoms with Crippen LogP contribution < -0.4 is 0 Å². The zero-order valence-corrected chi connectivity index (χ0v) is 31.9. The van der Waals surface area contributed by atoms with E-state index < -0.39 is 0 Å². The molecule has 5 nitrogen and oxygen atoms in total. The predicted octanol–water partition coefficient (Wildman–Crippen LogP) is 13.8. The molecule has 0 atom stereocenters. The monoisotopic (exact) mass is 760 g/mol. The van der Waals surface area contributed by atoms with E-state index in [4.69, 9.17) is 19.4 Å². The number of thiophene rings is 1. The van der Waals surface area contributed by atoms with E-state index in [0.29, 0.717) is 17.5 Å². The Morgan fingerprint density at radius 1 is 0.466 bits per heavy atom. The molecule has 0 amide bonds. The second-order valence-electron chi connectivity index (χ2n) is 14.7. The predicted molar refractivity (Wildman–Crippen MR) is 240 cm³/mol. The van der Waals surface area contributed by atoms with Crippen molar-refractivity contribution in [3.63, 3.8) is 0 Å². The quantitative estimate of drug-likeness (QED) is 0.169. The van der Waals surface area contributed by atoms with Crippen LogP contribution in [0.15, 0.2) is 186 Å². The van der Waals surface area contributed by atoms with Crippen molar-refractivity contribution in [2.24, 2.45) is 0 Å². The highest BCUT2D eigenvalue weighted by Crippen LogP contribution is 2.43. The topological polar surface area (TPSA) is 56.7 Å². The van der Waals surface area contributed by atoms with Gasteiger partial charge >= 0.3 is 0 Å². The van der Waals surface area contributed by atoms with Gasteiger partial charge in [-0.2, -0.15) is 0 Å². The van der Waals surface area contributed by atoms with E-state index in [-0.39, 0.29) is 0 Å². The van der Waals surface area contributed by atoms with Gasteiger partial charge in [0.25, 0.3) is 0 Å². The molecular weight excluding hydrogens is 729 g/mol. The molecule has 12 rings (SSSR count). The summed E-state index contributed by atoms with van der Waals surface area (Å²) in [7, 11) is 0. The minimum absolute atomic E-state index is 0.654. The maximum absolute atomic E-state index is 6.86. The summed E-state index contributed by atoms with van der Waals surface area (Å²) in [6.07, 6.45) is 0.742. The van der Waals surface area contributed by atoms with Crippen molar-refractivity contribution in [2.45, 2.75) is 6.42 Å². The number of aromatic nitrogens is 4. The van der Waals surface area contributed by atoms with Crippen LogP contribution in [0.1, 0.15) is 11.1 Å². The van der Waals surface area contributed by atoms with E-state index in [1.54, 1.807) is 0 Å². The van der Waals surface area contributed by atoms with Crippen LogP contribution in [-0.2, 0) is 6.42 Å². The molecule has 0 fully saturated rings. The summed E-state index contributed by atoms with van der Waals surface area (Å²) in [4.78, 5) is 15.2. The molecule has 0 aliphatic heterocycles. The summed E-state index contributed by atoms with van der Waals surface area (Å²) in [5.41, 5.74) is 10.5. The molecule has 4 heterocycles. The standard InChI is InChI=1S/C52H32N4OS/c1-3-14-33(15-4-1)50-53-51(34-16-5-2-6-17-34)55-52(54-50)40-22-13-27-46-48(40)47-35(18-11-26-45(47)58-46)30-32-28-29-38-39-21-12-25-43(49(39)57-44(38)31-32)56-41-23-9-7-19-36(41)37-20-8-10-24-42(37)56/h1-29,31H,30H2. The van der Waals surface area contributed by atoms with Crippen LogP contribution in [0.5, 0.6) is 0 Å². The average Bonchev–Trinajstić information content (AvgIpc) is 3.97. The van der Waals surface area contributed by atoms with Crippen molar-refractivity contribution in [1.29, 1.82) is 0 Å². The van der Waals surface area contributed by atoms with Crippen molar-refractivity contribution in [1.82, 2.24) is 19.5 Å². The van der Waals surface area contributed by atoms with Crippen molar-refractivity contribution < 1.29 is 4.42 Å². The van der Waals surface area contributed by atoms with Crippen molar-refractivity contribution in [2.75, 3.05) is 0 Å². The Kier molecular flexibility index (Phi) is 7.40. The van der Waals surface area contributed by atoms with Gasteiger partial charge in [-0.25, -0.2) is 15.0 Å². The molecule has 272 valence electrons. The summed E-state index contributed by atoms with van der Waals surface area (Å²) in [6.45, 7) is 0. The molecule has 4 aromatic heterocycles. The SMILES string of the molecule is c1ccc(-c2nc(-c3ccccc3)nc(-c3cccc4sc5cccc(Cc6ccc7c(c6)oc6c(-n8c9ccccc9c9ccccc98)cccc67)c5c34)n2)cc1. The lowest BCUT2D eigenvalue weighted by Gasteiger charge is -2.10. The summed E-state index contributed by atoms with van der Waals surface area (Å²) in [5, 5.41) is 7.09. The van der Waals surface area contributed by atoms with Crippen LogP contribution in [0.2, 0.25) is 0 Å². The third kappa shape index (κ3) is 5.19. The van der Waals surface area contributed by atoms with Crippen LogP contribution in [0.3, 0.4) is 0 Å². The van der Waals surface area contributed by atoms with Crippen LogP contribution >= 0.6 is 11.3 Å². The van der Waals surface area contributed by atoms with Gasteiger partial charge in [-0.05, 0) is 53.9 Å². The molecule has 0 unspecified atom stereocenters. The number of furan rings is 1. The number of fused-ring (bicyclic) bond motifs is 9. The third-order valence-corrected chi connectivity index (χ3v) is 12.4. The molecule has 0 aliphatic rings. The summed E-state index contributed by atoms with van der Waals surface area (Å²) in [5.74, 6) is 1.97. The lowest BCUT2D eigenvalue weighted by Crippen LogP contribution is -2.00. The first kappa shape index (κ1) is 32.8. The molecule has 0 radical (unpaired) electrons. The van der Waals surface area contributed by atoms with Gasteiger partial charge < -0.3 is 8.98 Å². The molecule has 0 aliphatic carbocycles. The molecule has 58 heavy (non-hydrogen) atoms.